The first-order valence-electron chi connectivity index (χ1n) is 8.87. The molecule has 2 amide bonds. The number of halogens is 1. The average Bonchev–Trinajstić information content (AvgIpc) is 3.10. The molecular formula is C21H17FN2O4S. The number of hydrogen-bond acceptors (Lipinski definition) is 5. The lowest BCUT2D eigenvalue weighted by atomic mass is 9.96. The maximum Gasteiger partial charge on any atom is 0.348 e. The van der Waals surface area contributed by atoms with E-state index in [1.54, 1.807) is 44.2 Å². The lowest BCUT2D eigenvalue weighted by Crippen LogP contribution is -2.59. The summed E-state index contributed by atoms with van der Waals surface area (Å²) in [6.45, 7) is 2.73. The second-order valence-corrected chi connectivity index (χ2v) is 8.21. The van der Waals surface area contributed by atoms with E-state index in [-0.39, 0.29) is 10.8 Å². The molecule has 6 nitrogen and oxygen atoms in total. The van der Waals surface area contributed by atoms with Crippen LogP contribution in [-0.2, 0) is 14.3 Å². The molecule has 0 saturated carbocycles. The third-order valence-corrected chi connectivity index (χ3v) is 5.86. The number of nitrogens with zero attached hydrogens (tertiary/aromatic N) is 1. The summed E-state index contributed by atoms with van der Waals surface area (Å²) in [4.78, 5) is 39.4. The zero-order valence-corrected chi connectivity index (χ0v) is 16.5. The van der Waals surface area contributed by atoms with Gasteiger partial charge in [0, 0.05) is 4.70 Å². The number of fused-ring (bicyclic) bond motifs is 2. The van der Waals surface area contributed by atoms with Gasteiger partial charge in [0.05, 0.1) is 11.4 Å². The topological polar surface area (TPSA) is 75.7 Å². The lowest BCUT2D eigenvalue weighted by Gasteiger charge is -2.41. The Labute approximate surface area is 169 Å². The van der Waals surface area contributed by atoms with Crippen LogP contribution in [0.15, 0.2) is 48.5 Å². The third kappa shape index (κ3) is 3.36. The van der Waals surface area contributed by atoms with Gasteiger partial charge in [-0.1, -0.05) is 12.1 Å². The molecule has 0 fully saturated rings. The number of hydrogen-bond donors (Lipinski definition) is 1. The Bertz CT molecular complexity index is 1150. The monoisotopic (exact) mass is 412 g/mol. The van der Waals surface area contributed by atoms with E-state index in [0.717, 1.165) is 16.0 Å². The lowest BCUT2D eigenvalue weighted by molar-refractivity contribution is -0.128. The van der Waals surface area contributed by atoms with Crippen molar-refractivity contribution in [3.8, 4) is 0 Å². The highest BCUT2D eigenvalue weighted by atomic mass is 32.1. The van der Waals surface area contributed by atoms with E-state index in [1.165, 1.54) is 23.1 Å². The SMILES string of the molecule is CC1(C)C(=O)Nc2ccccc2N1C(=O)COC(=O)c1cc2cc(F)ccc2s1. The number of esters is 1. The highest BCUT2D eigenvalue weighted by Gasteiger charge is 2.43. The van der Waals surface area contributed by atoms with Gasteiger partial charge >= 0.3 is 5.97 Å². The molecule has 0 unspecified atom stereocenters. The molecule has 1 aliphatic rings. The molecule has 0 aliphatic carbocycles. The number of rotatable bonds is 3. The smallest absolute Gasteiger partial charge is 0.348 e. The Balaban J connectivity index is 1.54. The summed E-state index contributed by atoms with van der Waals surface area (Å²) in [7, 11) is 0. The number of benzene rings is 2. The van der Waals surface area contributed by atoms with Gasteiger partial charge in [-0.15, -0.1) is 11.3 Å². The zero-order chi connectivity index (χ0) is 20.8. The van der Waals surface area contributed by atoms with Crippen LogP contribution in [0.3, 0.4) is 0 Å². The van der Waals surface area contributed by atoms with Crippen molar-refractivity contribution in [2.24, 2.45) is 0 Å². The first-order valence-corrected chi connectivity index (χ1v) is 9.69. The van der Waals surface area contributed by atoms with Crippen molar-refractivity contribution >= 4 is 50.6 Å². The van der Waals surface area contributed by atoms with Crippen molar-refractivity contribution in [3.63, 3.8) is 0 Å². The predicted octanol–water partition coefficient (Wildman–Crippen LogP) is 3.96. The Hall–Kier alpha value is -3.26. The van der Waals surface area contributed by atoms with Crippen molar-refractivity contribution in [3.05, 3.63) is 59.2 Å². The second-order valence-electron chi connectivity index (χ2n) is 7.13. The standard InChI is InChI=1S/C21H17FN2O4S/c1-21(2)20(27)23-14-5-3-4-6-15(14)24(21)18(25)11-28-19(26)17-10-12-9-13(22)7-8-16(12)29-17/h3-10H,11H2,1-2H3,(H,23,27). The molecule has 1 aromatic heterocycles. The first kappa shape index (κ1) is 19.1. The van der Waals surface area contributed by atoms with Crippen LogP contribution in [0.2, 0.25) is 0 Å². The van der Waals surface area contributed by atoms with E-state index in [0.29, 0.717) is 16.8 Å². The summed E-state index contributed by atoms with van der Waals surface area (Å²) in [5.74, 6) is -1.91. The van der Waals surface area contributed by atoms with Gasteiger partial charge in [-0.3, -0.25) is 14.5 Å². The largest absolute Gasteiger partial charge is 0.451 e. The molecule has 0 spiro atoms. The number of para-hydroxylation sites is 2. The summed E-state index contributed by atoms with van der Waals surface area (Å²) in [6, 6.07) is 12.7. The molecule has 2 aromatic carbocycles. The highest BCUT2D eigenvalue weighted by molar-refractivity contribution is 7.20. The number of amides is 2. The van der Waals surface area contributed by atoms with E-state index in [9.17, 15) is 18.8 Å². The summed E-state index contributed by atoms with van der Waals surface area (Å²) in [6.07, 6.45) is 0. The zero-order valence-electron chi connectivity index (χ0n) is 15.7. The van der Waals surface area contributed by atoms with Crippen molar-refractivity contribution < 1.29 is 23.5 Å². The van der Waals surface area contributed by atoms with E-state index < -0.39 is 29.8 Å². The average molecular weight is 412 g/mol. The molecule has 148 valence electrons. The molecule has 4 rings (SSSR count). The molecular weight excluding hydrogens is 395 g/mol. The molecule has 0 bridgehead atoms. The third-order valence-electron chi connectivity index (χ3n) is 4.76. The summed E-state index contributed by atoms with van der Waals surface area (Å²) in [5.41, 5.74) is -0.0917. The normalized spacial score (nSPS) is 15.0. The molecule has 1 aliphatic heterocycles. The summed E-state index contributed by atoms with van der Waals surface area (Å²) in [5, 5.41) is 3.37. The maximum absolute atomic E-state index is 13.3. The molecule has 0 atom stereocenters. The molecule has 3 aromatic rings. The van der Waals surface area contributed by atoms with E-state index in [1.807, 2.05) is 0 Å². The number of carbonyl (C=O) groups is 3. The minimum absolute atomic E-state index is 0.273. The van der Waals surface area contributed by atoms with Crippen LogP contribution >= 0.6 is 11.3 Å². The fraction of sp³-hybridized carbons (Fsp3) is 0.190. The molecule has 2 heterocycles. The van der Waals surface area contributed by atoms with E-state index >= 15 is 0 Å². The molecule has 29 heavy (non-hydrogen) atoms. The minimum atomic E-state index is -1.15. The minimum Gasteiger partial charge on any atom is -0.451 e. The Kier molecular flexibility index (Phi) is 4.58. The summed E-state index contributed by atoms with van der Waals surface area (Å²) < 4.78 is 19.3. The van der Waals surface area contributed by atoms with Gasteiger partial charge in [0.15, 0.2) is 6.61 Å². The fourth-order valence-corrected chi connectivity index (χ4v) is 4.21. The van der Waals surface area contributed by atoms with Gasteiger partial charge in [-0.05, 0) is 55.6 Å². The Morgan fingerprint density at radius 2 is 1.93 bits per heavy atom. The van der Waals surface area contributed by atoms with Crippen LogP contribution in [0, 0.1) is 5.82 Å². The van der Waals surface area contributed by atoms with Gasteiger partial charge in [0.25, 0.3) is 5.91 Å². The number of anilines is 2. The van der Waals surface area contributed by atoms with Gasteiger partial charge in [0.2, 0.25) is 5.91 Å². The van der Waals surface area contributed by atoms with Crippen LogP contribution in [0.1, 0.15) is 23.5 Å². The quantitative estimate of drug-likeness (QED) is 0.661. The number of thiophene rings is 1. The van der Waals surface area contributed by atoms with Crippen LogP contribution in [-0.4, -0.2) is 29.9 Å². The number of nitrogens with one attached hydrogen (secondary N) is 1. The number of carbonyl (C=O) groups excluding carboxylic acids is 3. The van der Waals surface area contributed by atoms with Crippen molar-refractivity contribution in [1.82, 2.24) is 0 Å². The van der Waals surface area contributed by atoms with Gasteiger partial charge < -0.3 is 10.1 Å². The van der Waals surface area contributed by atoms with Gasteiger partial charge in [-0.2, -0.15) is 0 Å². The molecule has 1 N–H and O–H groups in total. The number of ether oxygens (including phenoxy) is 1. The van der Waals surface area contributed by atoms with Crippen LogP contribution in [0.5, 0.6) is 0 Å². The van der Waals surface area contributed by atoms with Gasteiger partial charge in [0.1, 0.15) is 16.2 Å². The van der Waals surface area contributed by atoms with E-state index in [2.05, 4.69) is 5.32 Å². The highest BCUT2D eigenvalue weighted by Crippen LogP contribution is 2.36. The molecule has 0 radical (unpaired) electrons. The van der Waals surface area contributed by atoms with Crippen molar-refractivity contribution in [1.29, 1.82) is 0 Å². The van der Waals surface area contributed by atoms with Crippen LogP contribution < -0.4 is 10.2 Å². The van der Waals surface area contributed by atoms with E-state index in [4.69, 9.17) is 4.74 Å². The molecule has 8 heteroatoms. The summed E-state index contributed by atoms with van der Waals surface area (Å²) >= 11 is 1.16. The maximum atomic E-state index is 13.3. The Morgan fingerprint density at radius 1 is 1.17 bits per heavy atom. The van der Waals surface area contributed by atoms with Crippen LogP contribution in [0.25, 0.3) is 10.1 Å². The van der Waals surface area contributed by atoms with Crippen LogP contribution in [0.4, 0.5) is 15.8 Å². The van der Waals surface area contributed by atoms with Crippen molar-refractivity contribution in [2.75, 3.05) is 16.8 Å². The first-order chi connectivity index (χ1) is 13.8. The second kappa shape index (κ2) is 6.97. The van der Waals surface area contributed by atoms with Gasteiger partial charge in [-0.25, -0.2) is 9.18 Å². The fourth-order valence-electron chi connectivity index (χ4n) is 3.28. The molecule has 0 saturated heterocycles. The predicted molar refractivity (Wildman–Crippen MR) is 109 cm³/mol. The Morgan fingerprint density at radius 3 is 2.72 bits per heavy atom. The van der Waals surface area contributed by atoms with Crippen molar-refractivity contribution in [2.45, 2.75) is 19.4 Å².